The lowest BCUT2D eigenvalue weighted by molar-refractivity contribution is 0.497. The third kappa shape index (κ3) is 3.36. The van der Waals surface area contributed by atoms with Gasteiger partial charge in [-0.15, -0.1) is 0 Å². The molecule has 6 nitrogen and oxygen atoms in total. The Hall–Kier alpha value is -2.44. The molecule has 25 heavy (non-hydrogen) atoms. The molecule has 0 radical (unpaired) electrons. The summed E-state index contributed by atoms with van der Waals surface area (Å²) < 4.78 is 14.1. The number of halogens is 1. The standard InChI is InChI=1S/C18H22FN5O/c19-15-12-21-18(22-17(15)23-7-1-2-8-23)24-9-4-13(5-10-24)14-3-6-20-16(25)11-14/h3,6,11-13H,1-2,4-5,7-10H2,(H,20,25). The lowest BCUT2D eigenvalue weighted by Gasteiger charge is -2.32. The van der Waals surface area contributed by atoms with Gasteiger partial charge in [0.1, 0.15) is 0 Å². The highest BCUT2D eigenvalue weighted by atomic mass is 19.1. The van der Waals surface area contributed by atoms with Crippen molar-refractivity contribution < 1.29 is 4.39 Å². The molecule has 0 unspecified atom stereocenters. The number of hydrogen-bond acceptors (Lipinski definition) is 5. The Bertz CT molecular complexity index is 794. The van der Waals surface area contributed by atoms with Crippen LogP contribution in [0.4, 0.5) is 16.2 Å². The maximum absolute atomic E-state index is 14.1. The lowest BCUT2D eigenvalue weighted by atomic mass is 9.90. The maximum Gasteiger partial charge on any atom is 0.248 e. The number of hydrogen-bond donors (Lipinski definition) is 1. The van der Waals surface area contributed by atoms with Crippen molar-refractivity contribution in [3.63, 3.8) is 0 Å². The summed E-state index contributed by atoms with van der Waals surface area (Å²) in [6.45, 7) is 3.33. The molecule has 0 aromatic carbocycles. The van der Waals surface area contributed by atoms with Gasteiger partial charge in [-0.25, -0.2) is 9.37 Å². The zero-order chi connectivity index (χ0) is 17.2. The van der Waals surface area contributed by atoms with Crippen LogP contribution in [0, 0.1) is 5.82 Å². The van der Waals surface area contributed by atoms with Crippen LogP contribution in [0.25, 0.3) is 0 Å². The molecule has 0 aliphatic carbocycles. The normalized spacial score (nSPS) is 18.8. The van der Waals surface area contributed by atoms with E-state index < -0.39 is 0 Å². The minimum Gasteiger partial charge on any atom is -0.354 e. The lowest BCUT2D eigenvalue weighted by Crippen LogP contribution is -2.35. The van der Waals surface area contributed by atoms with Gasteiger partial charge in [0.05, 0.1) is 6.20 Å². The van der Waals surface area contributed by atoms with Gasteiger partial charge in [-0.1, -0.05) is 0 Å². The molecule has 2 aromatic heterocycles. The van der Waals surface area contributed by atoms with Crippen LogP contribution in [0.3, 0.4) is 0 Å². The van der Waals surface area contributed by atoms with E-state index in [0.29, 0.717) is 17.7 Å². The average Bonchev–Trinajstić information content (AvgIpc) is 3.17. The zero-order valence-corrected chi connectivity index (χ0v) is 14.1. The number of aromatic nitrogens is 3. The number of anilines is 2. The van der Waals surface area contributed by atoms with Gasteiger partial charge in [-0.2, -0.15) is 4.98 Å². The molecule has 0 bridgehead atoms. The number of rotatable bonds is 3. The molecule has 1 N–H and O–H groups in total. The Morgan fingerprint density at radius 3 is 2.60 bits per heavy atom. The second kappa shape index (κ2) is 6.82. The Morgan fingerprint density at radius 1 is 1.12 bits per heavy atom. The number of H-pyrrole nitrogens is 1. The van der Waals surface area contributed by atoms with Crippen LogP contribution in [0.2, 0.25) is 0 Å². The van der Waals surface area contributed by atoms with Crippen LogP contribution >= 0.6 is 0 Å². The molecule has 0 amide bonds. The number of piperidine rings is 1. The van der Waals surface area contributed by atoms with Crippen molar-refractivity contribution in [3.8, 4) is 0 Å². The fourth-order valence-corrected chi connectivity index (χ4v) is 3.78. The van der Waals surface area contributed by atoms with Crippen LogP contribution in [-0.2, 0) is 0 Å². The molecule has 2 fully saturated rings. The van der Waals surface area contributed by atoms with Crippen molar-refractivity contribution in [1.29, 1.82) is 0 Å². The maximum atomic E-state index is 14.1. The van der Waals surface area contributed by atoms with E-state index in [0.717, 1.165) is 57.4 Å². The first-order chi connectivity index (χ1) is 12.2. The summed E-state index contributed by atoms with van der Waals surface area (Å²) in [5, 5.41) is 0. The van der Waals surface area contributed by atoms with Crippen molar-refractivity contribution in [2.24, 2.45) is 0 Å². The second-order valence-electron chi connectivity index (χ2n) is 6.78. The number of nitrogens with one attached hydrogen (secondary N) is 1. The summed E-state index contributed by atoms with van der Waals surface area (Å²) in [6, 6.07) is 3.65. The third-order valence-electron chi connectivity index (χ3n) is 5.17. The molecule has 7 heteroatoms. The molecule has 2 aliphatic heterocycles. The summed E-state index contributed by atoms with van der Waals surface area (Å²) in [7, 11) is 0. The van der Waals surface area contributed by atoms with E-state index in [4.69, 9.17) is 0 Å². The molecule has 2 aromatic rings. The van der Waals surface area contributed by atoms with Gasteiger partial charge < -0.3 is 14.8 Å². The largest absolute Gasteiger partial charge is 0.354 e. The second-order valence-corrected chi connectivity index (χ2v) is 6.78. The van der Waals surface area contributed by atoms with Crippen LogP contribution < -0.4 is 15.4 Å². The number of aromatic amines is 1. The minimum absolute atomic E-state index is 0.0583. The predicted octanol–water partition coefficient (Wildman–Crippen LogP) is 2.29. The molecule has 4 rings (SSSR count). The summed E-state index contributed by atoms with van der Waals surface area (Å²) in [5.41, 5.74) is 1.03. The van der Waals surface area contributed by atoms with Gasteiger partial charge in [0.25, 0.3) is 0 Å². The Balaban J connectivity index is 1.47. The van der Waals surface area contributed by atoms with Gasteiger partial charge in [-0.05, 0) is 43.2 Å². The van der Waals surface area contributed by atoms with E-state index in [1.807, 2.05) is 11.0 Å². The molecule has 4 heterocycles. The zero-order valence-electron chi connectivity index (χ0n) is 14.1. The highest BCUT2D eigenvalue weighted by Gasteiger charge is 2.25. The van der Waals surface area contributed by atoms with Crippen molar-refractivity contribution in [2.45, 2.75) is 31.6 Å². The van der Waals surface area contributed by atoms with Gasteiger partial charge in [0, 0.05) is 38.4 Å². The van der Waals surface area contributed by atoms with Gasteiger partial charge in [-0.3, -0.25) is 4.79 Å². The Morgan fingerprint density at radius 2 is 1.88 bits per heavy atom. The van der Waals surface area contributed by atoms with E-state index in [1.54, 1.807) is 12.3 Å². The van der Waals surface area contributed by atoms with Crippen LogP contribution in [-0.4, -0.2) is 41.1 Å². The van der Waals surface area contributed by atoms with E-state index >= 15 is 0 Å². The van der Waals surface area contributed by atoms with Crippen molar-refractivity contribution in [2.75, 3.05) is 36.0 Å². The smallest absolute Gasteiger partial charge is 0.248 e. The molecular formula is C18H22FN5O. The SMILES string of the molecule is O=c1cc(C2CCN(c3ncc(F)c(N4CCCC4)n3)CC2)cc[nH]1. The first-order valence-electron chi connectivity index (χ1n) is 8.92. The van der Waals surface area contributed by atoms with Crippen LogP contribution in [0.15, 0.2) is 29.3 Å². The Kier molecular flexibility index (Phi) is 4.38. The fraction of sp³-hybridized carbons (Fsp3) is 0.500. The number of pyridine rings is 1. The van der Waals surface area contributed by atoms with Crippen LogP contribution in [0.5, 0.6) is 0 Å². The molecule has 0 spiro atoms. The third-order valence-corrected chi connectivity index (χ3v) is 5.17. The molecule has 132 valence electrons. The van der Waals surface area contributed by atoms with Crippen molar-refractivity contribution >= 4 is 11.8 Å². The van der Waals surface area contributed by atoms with E-state index in [-0.39, 0.29) is 11.4 Å². The monoisotopic (exact) mass is 343 g/mol. The van der Waals surface area contributed by atoms with Gasteiger partial charge >= 0.3 is 0 Å². The number of nitrogens with zero attached hydrogens (tertiary/aromatic N) is 4. The molecule has 2 saturated heterocycles. The highest BCUT2D eigenvalue weighted by Crippen LogP contribution is 2.30. The summed E-state index contributed by atoms with van der Waals surface area (Å²) in [5.74, 6) is 1.06. The van der Waals surface area contributed by atoms with Crippen LogP contribution in [0.1, 0.15) is 37.2 Å². The molecular weight excluding hydrogens is 321 g/mol. The molecule has 2 aliphatic rings. The van der Waals surface area contributed by atoms with Crippen molar-refractivity contribution in [3.05, 3.63) is 46.3 Å². The summed E-state index contributed by atoms with van der Waals surface area (Å²) in [4.78, 5) is 27.0. The molecule has 0 saturated carbocycles. The van der Waals surface area contributed by atoms with Crippen molar-refractivity contribution in [1.82, 2.24) is 15.0 Å². The average molecular weight is 343 g/mol. The van der Waals surface area contributed by atoms with E-state index in [1.165, 1.54) is 6.20 Å². The van der Waals surface area contributed by atoms with E-state index in [2.05, 4.69) is 19.9 Å². The Labute approximate surface area is 145 Å². The quantitative estimate of drug-likeness (QED) is 0.926. The predicted molar refractivity (Wildman–Crippen MR) is 94.7 cm³/mol. The minimum atomic E-state index is -0.343. The van der Waals surface area contributed by atoms with Gasteiger partial charge in [0.15, 0.2) is 11.6 Å². The van der Waals surface area contributed by atoms with Gasteiger partial charge in [0.2, 0.25) is 11.5 Å². The first kappa shape index (κ1) is 16.1. The summed E-state index contributed by atoms with van der Waals surface area (Å²) >= 11 is 0. The fourth-order valence-electron chi connectivity index (χ4n) is 3.78. The topological polar surface area (TPSA) is 65.1 Å². The van der Waals surface area contributed by atoms with E-state index in [9.17, 15) is 9.18 Å². The molecule has 0 atom stereocenters. The summed E-state index contributed by atoms with van der Waals surface area (Å²) in [6.07, 6.45) is 7.03. The first-order valence-corrected chi connectivity index (χ1v) is 8.92. The highest BCUT2D eigenvalue weighted by molar-refractivity contribution is 5.46.